The quantitative estimate of drug-likeness (QED) is 0.268. The second kappa shape index (κ2) is 10.8. The predicted octanol–water partition coefficient (Wildman–Crippen LogP) is 7.12. The maximum Gasteiger partial charge on any atom is 0.239 e. The minimum absolute atomic E-state index is 0.176. The zero-order valence-corrected chi connectivity index (χ0v) is 22.0. The fraction of sp³-hybridized carbons (Fsp3) is 0.214. The number of carbonyl (C=O) groups is 1. The molecule has 0 fully saturated rings. The number of amides is 1. The molecular formula is C28H23ClN4OS2. The Bertz CT molecular complexity index is 1430. The van der Waals surface area contributed by atoms with Crippen molar-refractivity contribution in [3.8, 4) is 17.3 Å². The van der Waals surface area contributed by atoms with E-state index in [0.717, 1.165) is 41.8 Å². The van der Waals surface area contributed by atoms with Gasteiger partial charge in [0, 0.05) is 21.7 Å². The van der Waals surface area contributed by atoms with Gasteiger partial charge in [-0.2, -0.15) is 5.26 Å². The first-order valence-electron chi connectivity index (χ1n) is 11.7. The molecule has 0 saturated heterocycles. The summed E-state index contributed by atoms with van der Waals surface area (Å²) in [6.45, 7) is 1.82. The van der Waals surface area contributed by atoms with E-state index in [1.807, 2.05) is 48.7 Å². The normalized spacial score (nSPS) is 15.5. The number of hydrogen-bond acceptors (Lipinski definition) is 6. The Hall–Kier alpha value is -3.18. The van der Waals surface area contributed by atoms with Crippen molar-refractivity contribution < 1.29 is 4.79 Å². The fourth-order valence-corrected chi connectivity index (χ4v) is 6.08. The number of halogens is 1. The third-order valence-electron chi connectivity index (χ3n) is 6.28. The van der Waals surface area contributed by atoms with Crippen LogP contribution in [0.25, 0.3) is 11.3 Å². The van der Waals surface area contributed by atoms with Gasteiger partial charge in [0.25, 0.3) is 0 Å². The molecular weight excluding hydrogens is 508 g/mol. The van der Waals surface area contributed by atoms with E-state index in [1.165, 1.54) is 28.7 Å². The number of anilines is 1. The first kappa shape index (κ1) is 24.5. The highest BCUT2D eigenvalue weighted by Crippen LogP contribution is 2.35. The van der Waals surface area contributed by atoms with Crippen molar-refractivity contribution in [2.24, 2.45) is 0 Å². The summed E-state index contributed by atoms with van der Waals surface area (Å²) < 4.78 is 0. The molecule has 0 aliphatic heterocycles. The Morgan fingerprint density at radius 2 is 1.97 bits per heavy atom. The Morgan fingerprint density at radius 1 is 1.19 bits per heavy atom. The molecule has 0 radical (unpaired) electrons. The van der Waals surface area contributed by atoms with Crippen LogP contribution >= 0.6 is 34.7 Å². The lowest BCUT2D eigenvalue weighted by Gasteiger charge is -2.25. The van der Waals surface area contributed by atoms with E-state index in [4.69, 9.17) is 16.6 Å². The molecule has 2 unspecified atom stereocenters. The lowest BCUT2D eigenvalue weighted by molar-refractivity contribution is -0.115. The van der Waals surface area contributed by atoms with Crippen LogP contribution in [-0.2, 0) is 17.6 Å². The zero-order chi connectivity index (χ0) is 25.1. The summed E-state index contributed by atoms with van der Waals surface area (Å²) in [5.74, 6) is 0.260. The van der Waals surface area contributed by atoms with Gasteiger partial charge in [-0.3, -0.25) is 4.79 Å². The second-order valence-electron chi connectivity index (χ2n) is 8.70. The summed E-state index contributed by atoms with van der Waals surface area (Å²) in [6.07, 6.45) is 2.76. The van der Waals surface area contributed by atoms with Gasteiger partial charge in [0.05, 0.1) is 16.5 Å². The Labute approximate surface area is 223 Å². The second-order valence-corrected chi connectivity index (χ2v) is 11.3. The molecule has 2 heterocycles. The number of fused-ring (bicyclic) bond motifs is 1. The van der Waals surface area contributed by atoms with Crippen LogP contribution in [0.15, 0.2) is 71.1 Å². The summed E-state index contributed by atoms with van der Waals surface area (Å²) in [4.78, 5) is 22.3. The summed E-state index contributed by atoms with van der Waals surface area (Å²) in [5.41, 5.74) is 5.72. The van der Waals surface area contributed by atoms with Gasteiger partial charge >= 0.3 is 0 Å². The average Bonchev–Trinajstić information content (AvgIpc) is 3.37. The number of thioether (sulfide) groups is 1. The fourth-order valence-electron chi connectivity index (χ4n) is 4.34. The average molecular weight is 531 g/mol. The van der Waals surface area contributed by atoms with E-state index < -0.39 is 5.25 Å². The van der Waals surface area contributed by atoms with Crippen LogP contribution in [0, 0.1) is 11.3 Å². The van der Waals surface area contributed by atoms with Crippen LogP contribution in [0.2, 0.25) is 5.02 Å². The standard InChI is InChI=1S/C28H23ClN4OS2/c1-17(26(34)33-28-32-25(16-35-28)19-7-10-23(29)11-8-19)36-27-22(15-30)14-21-13-20(9-12-24(21)31-27)18-5-3-2-4-6-18/h2-8,10-11,14,16-17,20H,9,12-13H2,1H3,(H,32,33,34). The van der Waals surface area contributed by atoms with Gasteiger partial charge in [-0.1, -0.05) is 65.8 Å². The molecule has 4 aromatic rings. The number of rotatable bonds is 6. The highest BCUT2D eigenvalue weighted by molar-refractivity contribution is 8.00. The molecule has 2 atom stereocenters. The van der Waals surface area contributed by atoms with E-state index in [-0.39, 0.29) is 5.91 Å². The van der Waals surface area contributed by atoms with E-state index >= 15 is 0 Å². The molecule has 5 nitrogen and oxygen atoms in total. The SMILES string of the molecule is CC(Sc1nc2c(cc1C#N)CC(c1ccccc1)CC2)C(=O)Nc1nc(-c2ccc(Cl)cc2)cs1. The molecule has 36 heavy (non-hydrogen) atoms. The number of carbonyl (C=O) groups excluding carboxylic acids is 1. The smallest absolute Gasteiger partial charge is 0.239 e. The molecule has 5 rings (SSSR count). The van der Waals surface area contributed by atoms with E-state index in [1.54, 1.807) is 0 Å². The van der Waals surface area contributed by atoms with Crippen molar-refractivity contribution in [3.63, 3.8) is 0 Å². The van der Waals surface area contributed by atoms with Gasteiger partial charge in [0.2, 0.25) is 5.91 Å². The minimum atomic E-state index is -0.439. The van der Waals surface area contributed by atoms with Gasteiger partial charge in [-0.05, 0) is 61.4 Å². The number of aromatic nitrogens is 2. The Morgan fingerprint density at radius 3 is 2.72 bits per heavy atom. The van der Waals surface area contributed by atoms with Crippen molar-refractivity contribution in [2.45, 2.75) is 42.4 Å². The van der Waals surface area contributed by atoms with Gasteiger partial charge in [-0.25, -0.2) is 9.97 Å². The molecule has 8 heteroatoms. The van der Waals surface area contributed by atoms with Crippen LogP contribution in [0.1, 0.15) is 41.6 Å². The molecule has 1 amide bonds. The summed E-state index contributed by atoms with van der Waals surface area (Å²) >= 11 is 8.65. The van der Waals surface area contributed by atoms with Crippen molar-refractivity contribution in [1.29, 1.82) is 5.26 Å². The van der Waals surface area contributed by atoms with Crippen molar-refractivity contribution in [3.05, 3.63) is 93.5 Å². The van der Waals surface area contributed by atoms with Crippen molar-refractivity contribution in [1.82, 2.24) is 9.97 Å². The number of thiazole rings is 1. The number of benzene rings is 2. The highest BCUT2D eigenvalue weighted by Gasteiger charge is 2.25. The van der Waals surface area contributed by atoms with E-state index in [2.05, 4.69) is 40.6 Å². The van der Waals surface area contributed by atoms with Crippen LogP contribution in [0.3, 0.4) is 0 Å². The van der Waals surface area contributed by atoms with Crippen LogP contribution in [0.5, 0.6) is 0 Å². The van der Waals surface area contributed by atoms with E-state index in [0.29, 0.717) is 26.7 Å². The lowest BCUT2D eigenvalue weighted by atomic mass is 9.82. The van der Waals surface area contributed by atoms with E-state index in [9.17, 15) is 10.1 Å². The van der Waals surface area contributed by atoms with Crippen molar-refractivity contribution >= 4 is 45.7 Å². The molecule has 1 aliphatic carbocycles. The van der Waals surface area contributed by atoms with Crippen molar-refractivity contribution in [2.75, 3.05) is 5.32 Å². The zero-order valence-electron chi connectivity index (χ0n) is 19.6. The Kier molecular flexibility index (Phi) is 7.38. The third-order valence-corrected chi connectivity index (χ3v) is 8.39. The van der Waals surface area contributed by atoms with Crippen LogP contribution < -0.4 is 5.32 Å². The molecule has 0 bridgehead atoms. The first-order chi connectivity index (χ1) is 17.5. The summed E-state index contributed by atoms with van der Waals surface area (Å²) in [5, 5.41) is 16.0. The van der Waals surface area contributed by atoms with Gasteiger partial charge in [0.1, 0.15) is 11.1 Å². The van der Waals surface area contributed by atoms with Gasteiger partial charge < -0.3 is 5.32 Å². The summed E-state index contributed by atoms with van der Waals surface area (Å²) in [6, 6.07) is 22.2. The predicted molar refractivity (Wildman–Crippen MR) is 147 cm³/mol. The topological polar surface area (TPSA) is 78.7 Å². The number of hydrogen-bond donors (Lipinski definition) is 1. The first-order valence-corrected chi connectivity index (χ1v) is 13.8. The maximum absolute atomic E-state index is 12.9. The largest absolute Gasteiger partial charge is 0.301 e. The molecule has 180 valence electrons. The lowest BCUT2D eigenvalue weighted by Crippen LogP contribution is -2.23. The summed E-state index contributed by atoms with van der Waals surface area (Å²) in [7, 11) is 0. The number of pyridine rings is 1. The third kappa shape index (κ3) is 5.46. The van der Waals surface area contributed by atoms with Gasteiger partial charge in [-0.15, -0.1) is 11.3 Å². The number of nitrogens with one attached hydrogen (secondary N) is 1. The number of nitriles is 1. The Balaban J connectivity index is 1.26. The molecule has 1 N–H and O–H groups in total. The molecule has 0 saturated carbocycles. The van der Waals surface area contributed by atoms with Gasteiger partial charge in [0.15, 0.2) is 5.13 Å². The number of aryl methyl sites for hydroxylation is 1. The number of nitrogens with zero attached hydrogens (tertiary/aromatic N) is 3. The van der Waals surface area contributed by atoms with Crippen LogP contribution in [0.4, 0.5) is 5.13 Å². The highest BCUT2D eigenvalue weighted by atomic mass is 35.5. The van der Waals surface area contributed by atoms with Crippen LogP contribution in [-0.4, -0.2) is 21.1 Å². The minimum Gasteiger partial charge on any atom is -0.301 e. The molecule has 2 aromatic heterocycles. The molecule has 0 spiro atoms. The maximum atomic E-state index is 12.9. The molecule has 1 aliphatic rings. The molecule has 2 aromatic carbocycles. The monoisotopic (exact) mass is 530 g/mol.